The van der Waals surface area contributed by atoms with Crippen molar-refractivity contribution < 1.29 is 9.59 Å². The molecule has 0 aromatic carbocycles. The van der Waals surface area contributed by atoms with Crippen molar-refractivity contribution in [2.45, 2.75) is 0 Å². The highest BCUT2D eigenvalue weighted by atomic mass is 35.5. The van der Waals surface area contributed by atoms with Gasteiger partial charge in [0.2, 0.25) is 0 Å². The van der Waals surface area contributed by atoms with E-state index < -0.39 is 0 Å². The van der Waals surface area contributed by atoms with Crippen LogP contribution in [0, 0.1) is 0 Å². The van der Waals surface area contributed by atoms with Crippen LogP contribution < -0.4 is 0 Å². The van der Waals surface area contributed by atoms with Gasteiger partial charge in [0.15, 0.2) is 11.6 Å². The van der Waals surface area contributed by atoms with Gasteiger partial charge in [-0.3, -0.25) is 9.59 Å². The molecule has 0 aromatic heterocycles. The van der Waals surface area contributed by atoms with E-state index in [0.29, 0.717) is 11.1 Å². The first-order valence-corrected chi connectivity index (χ1v) is 4.38. The van der Waals surface area contributed by atoms with Crippen LogP contribution in [0.15, 0.2) is 23.3 Å². The van der Waals surface area contributed by atoms with Crippen LogP contribution >= 0.6 is 23.2 Å². The molecule has 0 unspecified atom stereocenters. The fourth-order valence-corrected chi connectivity index (χ4v) is 1.53. The molecular weight excluding hydrogens is 199 g/mol. The molecule has 0 N–H and O–H groups in total. The highest BCUT2D eigenvalue weighted by molar-refractivity contribution is 6.31. The van der Waals surface area contributed by atoms with E-state index in [2.05, 4.69) is 0 Å². The van der Waals surface area contributed by atoms with E-state index in [4.69, 9.17) is 23.2 Å². The largest absolute Gasteiger partial charge is 0.290 e. The second kappa shape index (κ2) is 3.87. The zero-order chi connectivity index (χ0) is 9.14. The van der Waals surface area contributed by atoms with Crippen LogP contribution in [0.3, 0.4) is 0 Å². The molecule has 1 rings (SSSR count). The van der Waals surface area contributed by atoms with Crippen molar-refractivity contribution in [2.24, 2.45) is 0 Å². The molecule has 64 valence electrons. The third-order valence-electron chi connectivity index (χ3n) is 1.61. The van der Waals surface area contributed by atoms with Gasteiger partial charge in [0.1, 0.15) is 0 Å². The van der Waals surface area contributed by atoms with E-state index in [1.54, 1.807) is 0 Å². The summed E-state index contributed by atoms with van der Waals surface area (Å²) in [5.74, 6) is -0.367. The minimum absolute atomic E-state index is 0.0387. The summed E-state index contributed by atoms with van der Waals surface area (Å²) in [5, 5.41) is 0. The maximum Gasteiger partial charge on any atom is 0.183 e. The van der Waals surface area contributed by atoms with Crippen molar-refractivity contribution in [3.8, 4) is 0 Å². The first kappa shape index (κ1) is 9.49. The van der Waals surface area contributed by atoms with Crippen LogP contribution in [0.4, 0.5) is 0 Å². The average Bonchev–Trinajstić information content (AvgIpc) is 2.08. The average molecular weight is 205 g/mol. The Labute approximate surface area is 79.8 Å². The number of hydrogen-bond donors (Lipinski definition) is 0. The van der Waals surface area contributed by atoms with Crippen LogP contribution in [0.2, 0.25) is 0 Å². The molecule has 0 heterocycles. The van der Waals surface area contributed by atoms with Crippen LogP contribution in [-0.2, 0) is 9.59 Å². The van der Waals surface area contributed by atoms with Gasteiger partial charge in [-0.05, 0) is 12.2 Å². The number of carbonyl (C=O) groups is 2. The van der Waals surface area contributed by atoms with Crippen molar-refractivity contribution in [3.05, 3.63) is 23.3 Å². The Morgan fingerprint density at radius 1 is 0.917 bits per heavy atom. The first-order chi connectivity index (χ1) is 5.70. The van der Waals surface area contributed by atoms with Gasteiger partial charge in [0.25, 0.3) is 0 Å². The number of hydrogen-bond acceptors (Lipinski definition) is 2. The highest BCUT2D eigenvalue weighted by Gasteiger charge is 2.20. The molecule has 12 heavy (non-hydrogen) atoms. The van der Waals surface area contributed by atoms with E-state index >= 15 is 0 Å². The first-order valence-electron chi connectivity index (χ1n) is 3.31. The SMILES string of the molecule is O=C1C=CC(=O)C(CCl)=C1CCl. The standard InChI is InChI=1S/C8H6Cl2O2/c9-3-5-6(4-10)8(12)2-1-7(5)11/h1-2H,3-4H2. The summed E-state index contributed by atoms with van der Waals surface area (Å²) in [6.07, 6.45) is 2.44. The van der Waals surface area contributed by atoms with E-state index in [1.807, 2.05) is 0 Å². The Hall–Kier alpha value is -0.600. The van der Waals surface area contributed by atoms with E-state index in [0.717, 1.165) is 0 Å². The molecule has 0 spiro atoms. The van der Waals surface area contributed by atoms with Crippen LogP contribution in [0.1, 0.15) is 0 Å². The lowest BCUT2D eigenvalue weighted by Crippen LogP contribution is -2.16. The van der Waals surface area contributed by atoms with Crippen molar-refractivity contribution in [1.29, 1.82) is 0 Å². The Morgan fingerprint density at radius 2 is 1.25 bits per heavy atom. The molecule has 0 saturated carbocycles. The van der Waals surface area contributed by atoms with Gasteiger partial charge >= 0.3 is 0 Å². The van der Waals surface area contributed by atoms with Crippen LogP contribution in [0.25, 0.3) is 0 Å². The van der Waals surface area contributed by atoms with Gasteiger partial charge in [0, 0.05) is 11.1 Å². The van der Waals surface area contributed by atoms with E-state index in [1.165, 1.54) is 12.2 Å². The molecule has 0 bridgehead atoms. The Kier molecular flexibility index (Phi) is 3.06. The van der Waals surface area contributed by atoms with Gasteiger partial charge in [-0.1, -0.05) is 0 Å². The highest BCUT2D eigenvalue weighted by Crippen LogP contribution is 2.16. The normalized spacial score (nSPS) is 17.5. The summed E-state index contributed by atoms with van der Waals surface area (Å²) in [6, 6.07) is 0. The van der Waals surface area contributed by atoms with Gasteiger partial charge < -0.3 is 0 Å². The number of alkyl halides is 2. The molecule has 4 heteroatoms. The van der Waals surface area contributed by atoms with Gasteiger partial charge in [-0.15, -0.1) is 23.2 Å². The lowest BCUT2D eigenvalue weighted by molar-refractivity contribution is -0.115. The maximum absolute atomic E-state index is 11.1. The van der Waals surface area contributed by atoms with E-state index in [-0.39, 0.29) is 23.3 Å². The molecule has 0 fully saturated rings. The number of carbonyl (C=O) groups excluding carboxylic acids is 2. The van der Waals surface area contributed by atoms with Crippen molar-refractivity contribution in [1.82, 2.24) is 0 Å². The van der Waals surface area contributed by atoms with E-state index in [9.17, 15) is 9.59 Å². The van der Waals surface area contributed by atoms with Gasteiger partial charge in [0.05, 0.1) is 11.8 Å². The summed E-state index contributed by atoms with van der Waals surface area (Å²) in [4.78, 5) is 22.2. The smallest absolute Gasteiger partial charge is 0.183 e. The second-order valence-electron chi connectivity index (χ2n) is 2.29. The Balaban J connectivity index is 3.11. The number of rotatable bonds is 2. The monoisotopic (exact) mass is 204 g/mol. The van der Waals surface area contributed by atoms with Crippen molar-refractivity contribution >= 4 is 34.8 Å². The van der Waals surface area contributed by atoms with Gasteiger partial charge in [-0.25, -0.2) is 0 Å². The summed E-state index contributed by atoms with van der Waals surface area (Å²) >= 11 is 11.0. The molecule has 0 radical (unpaired) electrons. The van der Waals surface area contributed by atoms with Gasteiger partial charge in [-0.2, -0.15) is 0 Å². The molecule has 1 aliphatic rings. The zero-order valence-electron chi connectivity index (χ0n) is 6.14. The maximum atomic E-state index is 11.1. The summed E-state index contributed by atoms with van der Waals surface area (Å²) in [5.41, 5.74) is 0.637. The van der Waals surface area contributed by atoms with Crippen molar-refractivity contribution in [2.75, 3.05) is 11.8 Å². The predicted octanol–water partition coefficient (Wildman–Crippen LogP) is 1.47. The second-order valence-corrected chi connectivity index (χ2v) is 2.82. The number of halogens is 2. The van der Waals surface area contributed by atoms with Crippen LogP contribution in [0.5, 0.6) is 0 Å². The number of ketones is 2. The molecule has 0 aliphatic heterocycles. The molecule has 1 aliphatic carbocycles. The van der Waals surface area contributed by atoms with Crippen LogP contribution in [-0.4, -0.2) is 23.3 Å². The summed E-state index contributed by atoms with van der Waals surface area (Å²) < 4.78 is 0. The lowest BCUT2D eigenvalue weighted by Gasteiger charge is -2.09. The molecule has 0 atom stereocenters. The third-order valence-corrected chi connectivity index (χ3v) is 2.15. The molecule has 0 saturated heterocycles. The molecule has 2 nitrogen and oxygen atoms in total. The predicted molar refractivity (Wildman–Crippen MR) is 47.6 cm³/mol. The van der Waals surface area contributed by atoms with Crippen molar-refractivity contribution in [3.63, 3.8) is 0 Å². The number of allylic oxidation sites excluding steroid dienone is 4. The molecule has 0 amide bonds. The zero-order valence-corrected chi connectivity index (χ0v) is 7.65. The molecular formula is C8H6Cl2O2. The molecule has 0 aromatic rings. The minimum atomic E-state index is -0.222. The quantitative estimate of drug-likeness (QED) is 0.505. The Morgan fingerprint density at radius 3 is 1.50 bits per heavy atom. The topological polar surface area (TPSA) is 34.1 Å². The lowest BCUT2D eigenvalue weighted by atomic mass is 9.97. The Bertz CT molecular complexity index is 261. The minimum Gasteiger partial charge on any atom is -0.290 e. The fourth-order valence-electron chi connectivity index (χ4n) is 0.943. The fraction of sp³-hybridized carbons (Fsp3) is 0.250. The summed E-state index contributed by atoms with van der Waals surface area (Å²) in [7, 11) is 0. The third kappa shape index (κ3) is 1.59. The summed E-state index contributed by atoms with van der Waals surface area (Å²) in [6.45, 7) is 0.